The first-order chi connectivity index (χ1) is 11.0. The first kappa shape index (κ1) is 18.3. The van der Waals surface area contributed by atoms with Crippen molar-refractivity contribution in [2.45, 2.75) is 44.4 Å². The van der Waals surface area contributed by atoms with Crippen LogP contribution in [0.3, 0.4) is 0 Å². The van der Waals surface area contributed by atoms with Gasteiger partial charge >= 0.3 is 0 Å². The van der Waals surface area contributed by atoms with Crippen LogP contribution >= 0.6 is 11.8 Å². The summed E-state index contributed by atoms with van der Waals surface area (Å²) in [7, 11) is 0. The molecule has 4 nitrogen and oxygen atoms in total. The van der Waals surface area contributed by atoms with E-state index in [-0.39, 0.29) is 16.7 Å². The van der Waals surface area contributed by atoms with Gasteiger partial charge in [-0.2, -0.15) is 11.8 Å². The number of carbonyl (C=O) groups is 1. The fraction of sp³-hybridized carbons (Fsp3) is 0.611. The van der Waals surface area contributed by atoms with E-state index in [1.165, 1.54) is 12.5 Å². The molecule has 2 N–H and O–H groups in total. The number of carbonyl (C=O) groups excluding carboxylic acids is 1. The normalized spacial score (nSPS) is 18.4. The van der Waals surface area contributed by atoms with E-state index < -0.39 is 0 Å². The fourth-order valence-corrected chi connectivity index (χ4v) is 4.22. The third kappa shape index (κ3) is 5.52. The summed E-state index contributed by atoms with van der Waals surface area (Å²) in [5, 5.41) is 6.53. The summed E-state index contributed by atoms with van der Waals surface area (Å²) in [6.07, 6.45) is 2.22. The fourth-order valence-electron chi connectivity index (χ4n) is 2.97. The Balaban J connectivity index is 1.97. The lowest BCUT2D eigenvalue weighted by Crippen LogP contribution is -2.43. The van der Waals surface area contributed by atoms with Crippen molar-refractivity contribution < 1.29 is 9.53 Å². The Morgan fingerprint density at radius 2 is 2.13 bits per heavy atom. The molecular formula is C18H28N2O2S. The van der Waals surface area contributed by atoms with Gasteiger partial charge in [0.15, 0.2) is 0 Å². The van der Waals surface area contributed by atoms with Crippen LogP contribution < -0.4 is 10.6 Å². The van der Waals surface area contributed by atoms with Gasteiger partial charge in [0.05, 0.1) is 0 Å². The summed E-state index contributed by atoms with van der Waals surface area (Å²) < 4.78 is 5.82. The van der Waals surface area contributed by atoms with E-state index >= 15 is 0 Å². The Hall–Kier alpha value is -1.04. The van der Waals surface area contributed by atoms with Crippen LogP contribution in [0.15, 0.2) is 24.3 Å². The SMILES string of the molecule is CCSC1(CNC(C)c2cccc(NC(C)=O)c2)CCOCC1. The molecule has 1 heterocycles. The smallest absolute Gasteiger partial charge is 0.221 e. The number of thioether (sulfide) groups is 1. The highest BCUT2D eigenvalue weighted by molar-refractivity contribution is 8.00. The van der Waals surface area contributed by atoms with Crippen molar-refractivity contribution in [2.75, 3.05) is 30.8 Å². The summed E-state index contributed by atoms with van der Waals surface area (Å²) in [6, 6.07) is 8.31. The van der Waals surface area contributed by atoms with Crippen molar-refractivity contribution in [3.8, 4) is 0 Å². The van der Waals surface area contributed by atoms with Crippen LogP contribution in [0, 0.1) is 0 Å². The molecule has 5 heteroatoms. The zero-order valence-corrected chi connectivity index (χ0v) is 15.2. The minimum atomic E-state index is -0.0386. The quantitative estimate of drug-likeness (QED) is 0.799. The largest absolute Gasteiger partial charge is 0.381 e. The van der Waals surface area contributed by atoms with Crippen LogP contribution in [0.2, 0.25) is 0 Å². The maximum atomic E-state index is 11.2. The number of benzene rings is 1. The van der Waals surface area contributed by atoms with Crippen molar-refractivity contribution in [1.29, 1.82) is 0 Å². The molecular weight excluding hydrogens is 308 g/mol. The molecule has 1 aliphatic rings. The van der Waals surface area contributed by atoms with Crippen molar-refractivity contribution >= 4 is 23.4 Å². The van der Waals surface area contributed by atoms with E-state index in [2.05, 4.69) is 30.5 Å². The van der Waals surface area contributed by atoms with Gasteiger partial charge in [0.1, 0.15) is 0 Å². The second kappa shape index (κ2) is 8.71. The average molecular weight is 337 g/mol. The molecule has 1 saturated heterocycles. The molecule has 0 aromatic heterocycles. The van der Waals surface area contributed by atoms with Gasteiger partial charge in [-0.15, -0.1) is 0 Å². The number of anilines is 1. The van der Waals surface area contributed by atoms with Gasteiger partial charge in [-0.25, -0.2) is 0 Å². The van der Waals surface area contributed by atoms with Crippen molar-refractivity contribution in [1.82, 2.24) is 5.32 Å². The number of ether oxygens (including phenoxy) is 1. The van der Waals surface area contributed by atoms with Crippen molar-refractivity contribution in [3.63, 3.8) is 0 Å². The van der Waals surface area contributed by atoms with Crippen molar-refractivity contribution in [2.24, 2.45) is 0 Å². The lowest BCUT2D eigenvalue weighted by atomic mass is 9.98. The number of hydrogen-bond donors (Lipinski definition) is 2. The maximum Gasteiger partial charge on any atom is 0.221 e. The molecule has 1 atom stereocenters. The van der Waals surface area contributed by atoms with Gasteiger partial charge in [-0.05, 0) is 43.2 Å². The van der Waals surface area contributed by atoms with Gasteiger partial charge in [0.25, 0.3) is 0 Å². The summed E-state index contributed by atoms with van der Waals surface area (Å²) >= 11 is 2.05. The molecule has 1 aromatic rings. The second-order valence-electron chi connectivity index (χ2n) is 6.14. The molecule has 1 amide bonds. The number of amides is 1. The minimum Gasteiger partial charge on any atom is -0.381 e. The van der Waals surface area contributed by atoms with Gasteiger partial charge in [-0.3, -0.25) is 4.79 Å². The van der Waals surface area contributed by atoms with Crippen molar-refractivity contribution in [3.05, 3.63) is 29.8 Å². The highest BCUT2D eigenvalue weighted by Crippen LogP contribution is 2.35. The standard InChI is InChI=1S/C18H28N2O2S/c1-4-23-18(8-10-22-11-9-18)13-19-14(2)16-6-5-7-17(12-16)20-15(3)21/h5-7,12,14,19H,4,8-11,13H2,1-3H3,(H,20,21). The Labute approximate surface area is 143 Å². The van der Waals surface area contributed by atoms with Gasteiger partial charge in [-0.1, -0.05) is 19.1 Å². The Morgan fingerprint density at radius 1 is 1.39 bits per heavy atom. The lowest BCUT2D eigenvalue weighted by Gasteiger charge is -2.37. The van der Waals surface area contributed by atoms with Gasteiger partial charge in [0, 0.05) is 43.2 Å². The molecule has 1 unspecified atom stereocenters. The lowest BCUT2D eigenvalue weighted by molar-refractivity contribution is -0.114. The molecule has 1 aromatic carbocycles. The zero-order valence-electron chi connectivity index (χ0n) is 14.4. The molecule has 0 spiro atoms. The maximum absolute atomic E-state index is 11.2. The predicted octanol–water partition coefficient (Wildman–Crippen LogP) is 3.60. The van der Waals surface area contributed by atoms with E-state index in [1.54, 1.807) is 0 Å². The van der Waals surface area contributed by atoms with Crippen LogP contribution in [0.25, 0.3) is 0 Å². The third-order valence-corrected chi connectivity index (χ3v) is 5.75. The predicted molar refractivity (Wildman–Crippen MR) is 98.1 cm³/mol. The molecule has 0 bridgehead atoms. The summed E-state index contributed by atoms with van der Waals surface area (Å²) in [4.78, 5) is 11.2. The van der Waals surface area contributed by atoms with Gasteiger partial charge < -0.3 is 15.4 Å². The van der Waals surface area contributed by atoms with Crippen LogP contribution in [0.1, 0.15) is 45.2 Å². The highest BCUT2D eigenvalue weighted by atomic mass is 32.2. The topological polar surface area (TPSA) is 50.4 Å². The Morgan fingerprint density at radius 3 is 2.78 bits per heavy atom. The summed E-state index contributed by atoms with van der Waals surface area (Å²) in [5.41, 5.74) is 2.05. The first-order valence-corrected chi connectivity index (χ1v) is 9.36. The highest BCUT2D eigenvalue weighted by Gasteiger charge is 2.32. The van der Waals surface area contributed by atoms with E-state index in [0.29, 0.717) is 0 Å². The van der Waals surface area contributed by atoms with Crippen LogP contribution in [0.5, 0.6) is 0 Å². The van der Waals surface area contributed by atoms with E-state index in [0.717, 1.165) is 44.0 Å². The molecule has 1 aliphatic heterocycles. The summed E-state index contributed by atoms with van der Waals surface area (Å²) in [5.74, 6) is 1.09. The average Bonchev–Trinajstić information content (AvgIpc) is 2.53. The first-order valence-electron chi connectivity index (χ1n) is 8.37. The monoisotopic (exact) mass is 336 g/mol. The molecule has 128 valence electrons. The molecule has 0 aliphatic carbocycles. The molecule has 23 heavy (non-hydrogen) atoms. The second-order valence-corrected chi connectivity index (χ2v) is 7.87. The summed E-state index contributed by atoms with van der Waals surface area (Å²) in [6.45, 7) is 8.65. The Bertz CT molecular complexity index is 510. The Kier molecular flexibility index (Phi) is 6.93. The molecule has 1 fully saturated rings. The number of rotatable bonds is 7. The van der Waals surface area contributed by atoms with E-state index in [9.17, 15) is 4.79 Å². The van der Waals surface area contributed by atoms with Crippen LogP contribution in [-0.2, 0) is 9.53 Å². The van der Waals surface area contributed by atoms with Crippen LogP contribution in [-0.4, -0.2) is 36.2 Å². The molecule has 2 rings (SSSR count). The molecule has 0 saturated carbocycles. The van der Waals surface area contributed by atoms with Crippen LogP contribution in [0.4, 0.5) is 5.69 Å². The van der Waals surface area contributed by atoms with Gasteiger partial charge in [0.2, 0.25) is 5.91 Å². The number of nitrogens with one attached hydrogen (secondary N) is 2. The zero-order chi connectivity index (χ0) is 16.7. The van der Waals surface area contributed by atoms with E-state index in [4.69, 9.17) is 4.74 Å². The van der Waals surface area contributed by atoms with E-state index in [1.807, 2.05) is 30.0 Å². The minimum absolute atomic E-state index is 0.0386. The number of hydrogen-bond acceptors (Lipinski definition) is 4. The molecule has 0 radical (unpaired) electrons. The third-order valence-electron chi connectivity index (χ3n) is 4.29.